The third kappa shape index (κ3) is 6.80. The first-order chi connectivity index (χ1) is 17.0. The van der Waals surface area contributed by atoms with Crippen LogP contribution in [0, 0.1) is 0 Å². The van der Waals surface area contributed by atoms with Crippen molar-refractivity contribution in [3.63, 3.8) is 0 Å². The molecule has 0 radical (unpaired) electrons. The average molecular weight is 481 g/mol. The minimum Gasteiger partial charge on any atom is -0.497 e. The molecule has 0 aliphatic carbocycles. The standard InChI is InChI=1S/C26H28N2O7/c1-31-21-7-5-6-19(13-21)28-25(29)16-35-20-10-8-17(9-11-20)26(30)27-15-18-12-23(33-3)24(34-4)14-22(18)32-2/h5-14H,15-16H2,1-4H3,(H,27,30)(H,28,29). The van der Waals surface area contributed by atoms with Gasteiger partial charge in [-0.3, -0.25) is 9.59 Å². The van der Waals surface area contributed by atoms with E-state index in [4.69, 9.17) is 23.7 Å². The quantitative estimate of drug-likeness (QED) is 0.432. The Kier molecular flexibility index (Phi) is 8.77. The van der Waals surface area contributed by atoms with Crippen LogP contribution in [-0.4, -0.2) is 46.9 Å². The maximum Gasteiger partial charge on any atom is 0.262 e. The van der Waals surface area contributed by atoms with E-state index in [0.717, 1.165) is 5.56 Å². The number of hydrogen-bond donors (Lipinski definition) is 2. The molecule has 0 heterocycles. The number of benzene rings is 3. The van der Waals surface area contributed by atoms with Crippen LogP contribution in [0.25, 0.3) is 0 Å². The monoisotopic (exact) mass is 480 g/mol. The highest BCUT2D eigenvalue weighted by Gasteiger charge is 2.14. The van der Waals surface area contributed by atoms with Gasteiger partial charge in [0.1, 0.15) is 17.2 Å². The molecule has 3 aromatic rings. The summed E-state index contributed by atoms with van der Waals surface area (Å²) in [6, 6.07) is 17.0. The minimum atomic E-state index is -0.316. The molecule has 0 aliphatic rings. The fraction of sp³-hybridized carbons (Fsp3) is 0.231. The molecule has 9 heteroatoms. The van der Waals surface area contributed by atoms with Crippen LogP contribution in [0.1, 0.15) is 15.9 Å². The van der Waals surface area contributed by atoms with Crippen LogP contribution < -0.4 is 34.3 Å². The highest BCUT2D eigenvalue weighted by Crippen LogP contribution is 2.34. The third-order valence-corrected chi connectivity index (χ3v) is 5.07. The Hall–Kier alpha value is -4.40. The number of methoxy groups -OCH3 is 4. The van der Waals surface area contributed by atoms with Crippen molar-refractivity contribution in [3.05, 3.63) is 71.8 Å². The summed E-state index contributed by atoms with van der Waals surface area (Å²) >= 11 is 0. The fourth-order valence-electron chi connectivity index (χ4n) is 3.26. The first-order valence-corrected chi connectivity index (χ1v) is 10.7. The van der Waals surface area contributed by atoms with Crippen molar-refractivity contribution in [1.82, 2.24) is 5.32 Å². The Balaban J connectivity index is 1.54. The Morgan fingerprint density at radius 1 is 0.743 bits per heavy atom. The summed E-state index contributed by atoms with van der Waals surface area (Å²) in [6.07, 6.45) is 0. The number of rotatable bonds is 11. The van der Waals surface area contributed by atoms with E-state index < -0.39 is 0 Å². The van der Waals surface area contributed by atoms with E-state index in [1.165, 1.54) is 0 Å². The van der Waals surface area contributed by atoms with Crippen molar-refractivity contribution < 1.29 is 33.3 Å². The lowest BCUT2D eigenvalue weighted by molar-refractivity contribution is -0.118. The predicted octanol–water partition coefficient (Wildman–Crippen LogP) is 3.67. The first kappa shape index (κ1) is 25.2. The number of anilines is 1. The van der Waals surface area contributed by atoms with Crippen molar-refractivity contribution in [2.75, 3.05) is 40.4 Å². The Bertz CT molecular complexity index is 1160. The number of carbonyl (C=O) groups is 2. The lowest BCUT2D eigenvalue weighted by Gasteiger charge is -2.14. The molecular formula is C26H28N2O7. The molecule has 0 unspecified atom stereocenters. The van der Waals surface area contributed by atoms with E-state index in [1.807, 2.05) is 0 Å². The zero-order valence-electron chi connectivity index (χ0n) is 20.0. The van der Waals surface area contributed by atoms with Crippen LogP contribution in [0.5, 0.6) is 28.7 Å². The van der Waals surface area contributed by atoms with Gasteiger partial charge in [0.05, 0.1) is 28.4 Å². The maximum absolute atomic E-state index is 12.6. The molecule has 2 N–H and O–H groups in total. The van der Waals surface area contributed by atoms with E-state index in [0.29, 0.717) is 40.0 Å². The van der Waals surface area contributed by atoms with Crippen molar-refractivity contribution in [2.45, 2.75) is 6.54 Å². The van der Waals surface area contributed by atoms with Gasteiger partial charge >= 0.3 is 0 Å². The summed E-state index contributed by atoms with van der Waals surface area (Å²) in [4.78, 5) is 24.8. The Morgan fingerprint density at radius 3 is 2.09 bits per heavy atom. The SMILES string of the molecule is COc1cccc(NC(=O)COc2ccc(C(=O)NCc3cc(OC)c(OC)cc3OC)cc2)c1. The molecule has 0 atom stereocenters. The smallest absolute Gasteiger partial charge is 0.262 e. The van der Waals surface area contributed by atoms with E-state index >= 15 is 0 Å². The van der Waals surface area contributed by atoms with Gasteiger partial charge in [0.25, 0.3) is 11.8 Å². The van der Waals surface area contributed by atoms with Crippen LogP contribution >= 0.6 is 0 Å². The zero-order chi connectivity index (χ0) is 25.2. The molecule has 184 valence electrons. The van der Waals surface area contributed by atoms with E-state index in [1.54, 1.807) is 89.1 Å². The highest BCUT2D eigenvalue weighted by molar-refractivity contribution is 5.94. The third-order valence-electron chi connectivity index (χ3n) is 5.07. The van der Waals surface area contributed by atoms with Gasteiger partial charge in [-0.25, -0.2) is 0 Å². The molecule has 9 nitrogen and oxygen atoms in total. The second-order valence-electron chi connectivity index (χ2n) is 7.29. The van der Waals surface area contributed by atoms with E-state index in [9.17, 15) is 9.59 Å². The largest absolute Gasteiger partial charge is 0.497 e. The van der Waals surface area contributed by atoms with Crippen LogP contribution in [0.3, 0.4) is 0 Å². The summed E-state index contributed by atoms with van der Waals surface area (Å²) in [5.74, 6) is 2.15. The van der Waals surface area contributed by atoms with Crippen LogP contribution in [0.15, 0.2) is 60.7 Å². The van der Waals surface area contributed by atoms with Gasteiger partial charge in [-0.2, -0.15) is 0 Å². The molecule has 0 saturated heterocycles. The number of hydrogen-bond acceptors (Lipinski definition) is 7. The molecule has 3 aromatic carbocycles. The van der Waals surface area contributed by atoms with Gasteiger partial charge in [0.2, 0.25) is 0 Å². The minimum absolute atomic E-state index is 0.179. The first-order valence-electron chi connectivity index (χ1n) is 10.7. The molecule has 2 amide bonds. The second kappa shape index (κ2) is 12.2. The molecule has 0 saturated carbocycles. The van der Waals surface area contributed by atoms with Crippen molar-refractivity contribution in [2.24, 2.45) is 0 Å². The summed E-state index contributed by atoms with van der Waals surface area (Å²) < 4.78 is 26.7. The Labute approximate surface area is 203 Å². The molecule has 0 fully saturated rings. The topological polar surface area (TPSA) is 104 Å². The number of ether oxygens (including phenoxy) is 5. The summed E-state index contributed by atoms with van der Waals surface area (Å²) in [5, 5.41) is 5.59. The molecule has 0 spiro atoms. The van der Waals surface area contributed by atoms with Gasteiger partial charge in [-0.1, -0.05) is 6.07 Å². The molecular weight excluding hydrogens is 452 g/mol. The lowest BCUT2D eigenvalue weighted by atomic mass is 10.1. The lowest BCUT2D eigenvalue weighted by Crippen LogP contribution is -2.23. The number of nitrogens with one attached hydrogen (secondary N) is 2. The normalized spacial score (nSPS) is 10.2. The van der Waals surface area contributed by atoms with Gasteiger partial charge in [-0.05, 0) is 42.5 Å². The van der Waals surface area contributed by atoms with Crippen LogP contribution in [-0.2, 0) is 11.3 Å². The van der Waals surface area contributed by atoms with Crippen molar-refractivity contribution in [1.29, 1.82) is 0 Å². The summed E-state index contributed by atoms with van der Waals surface area (Å²) in [7, 11) is 6.18. The maximum atomic E-state index is 12.6. The van der Waals surface area contributed by atoms with Gasteiger partial charge < -0.3 is 34.3 Å². The van der Waals surface area contributed by atoms with Crippen molar-refractivity contribution >= 4 is 17.5 Å². The van der Waals surface area contributed by atoms with Crippen molar-refractivity contribution in [3.8, 4) is 28.7 Å². The van der Waals surface area contributed by atoms with Crippen LogP contribution in [0.4, 0.5) is 5.69 Å². The predicted molar refractivity (Wildman–Crippen MR) is 131 cm³/mol. The second-order valence-corrected chi connectivity index (χ2v) is 7.29. The van der Waals surface area contributed by atoms with Crippen LogP contribution in [0.2, 0.25) is 0 Å². The Morgan fingerprint density at radius 2 is 1.43 bits per heavy atom. The van der Waals surface area contributed by atoms with Gasteiger partial charge in [-0.15, -0.1) is 0 Å². The average Bonchev–Trinajstić information content (AvgIpc) is 2.90. The molecule has 35 heavy (non-hydrogen) atoms. The number of carbonyl (C=O) groups excluding carboxylic acids is 2. The van der Waals surface area contributed by atoms with E-state index in [-0.39, 0.29) is 25.0 Å². The fourth-order valence-corrected chi connectivity index (χ4v) is 3.26. The van der Waals surface area contributed by atoms with E-state index in [2.05, 4.69) is 10.6 Å². The number of amides is 2. The highest BCUT2D eigenvalue weighted by atomic mass is 16.5. The molecule has 0 bridgehead atoms. The van der Waals surface area contributed by atoms with Gasteiger partial charge in [0.15, 0.2) is 18.1 Å². The molecule has 3 rings (SSSR count). The zero-order valence-corrected chi connectivity index (χ0v) is 20.0. The molecule has 0 aromatic heterocycles. The molecule has 0 aliphatic heterocycles. The van der Waals surface area contributed by atoms with Gasteiger partial charge in [0, 0.05) is 35.5 Å². The summed E-state index contributed by atoms with van der Waals surface area (Å²) in [5.41, 5.74) is 1.79. The summed E-state index contributed by atoms with van der Waals surface area (Å²) in [6.45, 7) is 0.0485.